The Morgan fingerprint density at radius 2 is 1.95 bits per heavy atom. The van der Waals surface area contributed by atoms with E-state index in [1.54, 1.807) is 6.20 Å². The molecule has 22 heavy (non-hydrogen) atoms. The van der Waals surface area contributed by atoms with Gasteiger partial charge in [-0.05, 0) is 51.4 Å². The molecule has 0 amide bonds. The van der Waals surface area contributed by atoms with Crippen LogP contribution in [0, 0.1) is 0 Å². The summed E-state index contributed by atoms with van der Waals surface area (Å²) in [7, 11) is 0. The minimum Gasteiger partial charge on any atom is -0.462 e. The van der Waals surface area contributed by atoms with E-state index < -0.39 is 0 Å². The summed E-state index contributed by atoms with van der Waals surface area (Å²) in [5.41, 5.74) is 1.60. The topological polar surface area (TPSA) is 45.3 Å². The SMILES string of the molecule is O=C(OCCCCN1CCCCC1)c1c[nH]c2ccccc12. The highest BCUT2D eigenvalue weighted by atomic mass is 16.5. The largest absolute Gasteiger partial charge is 0.462 e. The Morgan fingerprint density at radius 1 is 1.14 bits per heavy atom. The molecule has 1 saturated heterocycles. The molecule has 4 nitrogen and oxygen atoms in total. The van der Waals surface area contributed by atoms with E-state index in [9.17, 15) is 4.79 Å². The molecule has 2 aromatic rings. The van der Waals surface area contributed by atoms with E-state index in [0.717, 1.165) is 30.3 Å². The van der Waals surface area contributed by atoms with E-state index in [1.807, 2.05) is 24.3 Å². The number of piperidine rings is 1. The van der Waals surface area contributed by atoms with Crippen molar-refractivity contribution in [2.75, 3.05) is 26.2 Å². The van der Waals surface area contributed by atoms with Crippen molar-refractivity contribution in [2.24, 2.45) is 0 Å². The molecular weight excluding hydrogens is 276 g/mol. The van der Waals surface area contributed by atoms with E-state index in [4.69, 9.17) is 4.74 Å². The number of ether oxygens (including phenoxy) is 1. The number of hydrogen-bond donors (Lipinski definition) is 1. The van der Waals surface area contributed by atoms with Crippen LogP contribution < -0.4 is 0 Å². The van der Waals surface area contributed by atoms with Crippen molar-refractivity contribution in [1.29, 1.82) is 0 Å². The van der Waals surface area contributed by atoms with Crippen molar-refractivity contribution >= 4 is 16.9 Å². The number of fused-ring (bicyclic) bond motifs is 1. The van der Waals surface area contributed by atoms with Gasteiger partial charge in [-0.2, -0.15) is 0 Å². The lowest BCUT2D eigenvalue weighted by Gasteiger charge is -2.26. The van der Waals surface area contributed by atoms with Crippen molar-refractivity contribution < 1.29 is 9.53 Å². The number of esters is 1. The summed E-state index contributed by atoms with van der Waals surface area (Å²) in [6.07, 6.45) is 7.80. The number of nitrogens with one attached hydrogen (secondary N) is 1. The van der Waals surface area contributed by atoms with Crippen LogP contribution in [0.25, 0.3) is 10.9 Å². The molecule has 0 bridgehead atoms. The molecule has 1 aromatic heterocycles. The first-order valence-corrected chi connectivity index (χ1v) is 8.30. The van der Waals surface area contributed by atoms with Gasteiger partial charge in [0, 0.05) is 17.1 Å². The number of nitrogens with zero attached hydrogens (tertiary/aromatic N) is 1. The lowest BCUT2D eigenvalue weighted by atomic mass is 10.1. The summed E-state index contributed by atoms with van der Waals surface area (Å²) < 4.78 is 5.41. The number of carbonyl (C=O) groups is 1. The maximum atomic E-state index is 12.1. The summed E-state index contributed by atoms with van der Waals surface area (Å²) in [5.74, 6) is -0.226. The first-order valence-electron chi connectivity index (χ1n) is 8.30. The summed E-state index contributed by atoms with van der Waals surface area (Å²) >= 11 is 0. The zero-order valence-electron chi connectivity index (χ0n) is 13.0. The first-order chi connectivity index (χ1) is 10.8. The zero-order chi connectivity index (χ0) is 15.2. The molecule has 0 aliphatic carbocycles. The van der Waals surface area contributed by atoms with E-state index in [0.29, 0.717) is 12.2 Å². The van der Waals surface area contributed by atoms with E-state index in [-0.39, 0.29) is 5.97 Å². The molecule has 1 aliphatic rings. The second-order valence-corrected chi connectivity index (χ2v) is 5.99. The van der Waals surface area contributed by atoms with Crippen molar-refractivity contribution in [3.05, 3.63) is 36.0 Å². The Morgan fingerprint density at radius 3 is 2.82 bits per heavy atom. The number of carbonyl (C=O) groups excluding carboxylic acids is 1. The Kier molecular flexibility index (Phi) is 5.11. The van der Waals surface area contributed by atoms with Crippen LogP contribution >= 0.6 is 0 Å². The maximum absolute atomic E-state index is 12.1. The number of hydrogen-bond acceptors (Lipinski definition) is 3. The highest BCUT2D eigenvalue weighted by molar-refractivity contribution is 6.03. The number of likely N-dealkylation sites (tertiary alicyclic amines) is 1. The van der Waals surface area contributed by atoms with Crippen LogP contribution in [0.3, 0.4) is 0 Å². The van der Waals surface area contributed by atoms with Gasteiger partial charge in [-0.15, -0.1) is 0 Å². The Labute approximate surface area is 131 Å². The predicted molar refractivity (Wildman–Crippen MR) is 88.1 cm³/mol. The number of aromatic nitrogens is 1. The van der Waals surface area contributed by atoms with Crippen LogP contribution in [0.4, 0.5) is 0 Å². The summed E-state index contributed by atoms with van der Waals surface area (Å²) in [6, 6.07) is 7.80. The van der Waals surface area contributed by atoms with Gasteiger partial charge < -0.3 is 14.6 Å². The molecule has 1 N–H and O–H groups in total. The molecule has 0 atom stereocenters. The third-order valence-electron chi connectivity index (χ3n) is 4.36. The molecule has 0 radical (unpaired) electrons. The molecule has 118 valence electrons. The van der Waals surface area contributed by atoms with Gasteiger partial charge in [0.15, 0.2) is 0 Å². The first kappa shape index (κ1) is 15.1. The smallest absolute Gasteiger partial charge is 0.340 e. The fourth-order valence-corrected chi connectivity index (χ4v) is 3.10. The summed E-state index contributed by atoms with van der Waals surface area (Å²) in [5, 5.41) is 0.931. The van der Waals surface area contributed by atoms with E-state index >= 15 is 0 Å². The Bertz CT molecular complexity index is 614. The number of H-pyrrole nitrogens is 1. The number of unbranched alkanes of at least 4 members (excludes halogenated alkanes) is 1. The third kappa shape index (κ3) is 3.69. The van der Waals surface area contributed by atoms with Crippen molar-refractivity contribution in [3.8, 4) is 0 Å². The molecule has 4 heteroatoms. The molecule has 0 unspecified atom stereocenters. The minimum atomic E-state index is -0.226. The molecular formula is C18H24N2O2. The Balaban J connectivity index is 1.41. The molecule has 1 aromatic carbocycles. The zero-order valence-corrected chi connectivity index (χ0v) is 13.0. The van der Waals surface area contributed by atoms with Gasteiger partial charge in [-0.25, -0.2) is 4.79 Å². The molecule has 2 heterocycles. The lowest BCUT2D eigenvalue weighted by molar-refractivity contribution is 0.0496. The normalized spacial score (nSPS) is 16.0. The molecule has 1 aliphatic heterocycles. The third-order valence-corrected chi connectivity index (χ3v) is 4.36. The van der Waals surface area contributed by atoms with Crippen LogP contribution in [0.2, 0.25) is 0 Å². The highest BCUT2D eigenvalue weighted by Gasteiger charge is 2.13. The maximum Gasteiger partial charge on any atom is 0.340 e. The standard InChI is InChI=1S/C18H24N2O2/c21-18(16-14-19-17-9-3-2-8-15(16)17)22-13-7-6-12-20-10-4-1-5-11-20/h2-3,8-9,14,19H,1,4-7,10-13H2. The summed E-state index contributed by atoms with van der Waals surface area (Å²) in [4.78, 5) is 17.8. The minimum absolute atomic E-state index is 0.226. The fourth-order valence-electron chi connectivity index (χ4n) is 3.10. The van der Waals surface area contributed by atoms with Gasteiger partial charge in [0.2, 0.25) is 0 Å². The number of rotatable bonds is 6. The van der Waals surface area contributed by atoms with Crippen LogP contribution in [0.15, 0.2) is 30.5 Å². The highest BCUT2D eigenvalue weighted by Crippen LogP contribution is 2.18. The molecule has 0 spiro atoms. The second-order valence-electron chi connectivity index (χ2n) is 5.99. The van der Waals surface area contributed by atoms with Gasteiger partial charge in [0.25, 0.3) is 0 Å². The number of para-hydroxylation sites is 1. The summed E-state index contributed by atoms with van der Waals surface area (Å²) in [6.45, 7) is 4.10. The average molecular weight is 300 g/mol. The van der Waals surface area contributed by atoms with Crippen LogP contribution in [0.5, 0.6) is 0 Å². The van der Waals surface area contributed by atoms with Crippen molar-refractivity contribution in [1.82, 2.24) is 9.88 Å². The Hall–Kier alpha value is -1.81. The van der Waals surface area contributed by atoms with Gasteiger partial charge in [-0.3, -0.25) is 0 Å². The van der Waals surface area contributed by atoms with E-state index in [1.165, 1.54) is 32.4 Å². The van der Waals surface area contributed by atoms with Gasteiger partial charge in [0.1, 0.15) is 0 Å². The molecule has 1 fully saturated rings. The predicted octanol–water partition coefficient (Wildman–Crippen LogP) is 3.59. The molecule has 3 rings (SSSR count). The van der Waals surface area contributed by atoms with Crippen LogP contribution in [-0.2, 0) is 4.74 Å². The number of aromatic amines is 1. The fraction of sp³-hybridized carbons (Fsp3) is 0.500. The monoisotopic (exact) mass is 300 g/mol. The number of benzene rings is 1. The average Bonchev–Trinajstić information content (AvgIpc) is 2.99. The quantitative estimate of drug-likeness (QED) is 0.655. The lowest BCUT2D eigenvalue weighted by Crippen LogP contribution is -2.30. The van der Waals surface area contributed by atoms with Crippen molar-refractivity contribution in [2.45, 2.75) is 32.1 Å². The molecule has 0 saturated carbocycles. The van der Waals surface area contributed by atoms with Gasteiger partial charge in [0.05, 0.1) is 12.2 Å². The second kappa shape index (κ2) is 7.45. The van der Waals surface area contributed by atoms with Crippen LogP contribution in [0.1, 0.15) is 42.5 Å². The van der Waals surface area contributed by atoms with Crippen molar-refractivity contribution in [3.63, 3.8) is 0 Å². The van der Waals surface area contributed by atoms with E-state index in [2.05, 4.69) is 9.88 Å². The van der Waals surface area contributed by atoms with Crippen LogP contribution in [-0.4, -0.2) is 42.1 Å². The van der Waals surface area contributed by atoms with Gasteiger partial charge in [-0.1, -0.05) is 24.6 Å². The van der Waals surface area contributed by atoms with Gasteiger partial charge >= 0.3 is 5.97 Å².